The van der Waals surface area contributed by atoms with Gasteiger partial charge < -0.3 is 10.3 Å². The highest BCUT2D eigenvalue weighted by Crippen LogP contribution is 2.14. The maximum Gasteiger partial charge on any atom is 0.124 e. The van der Waals surface area contributed by atoms with Gasteiger partial charge in [-0.25, -0.2) is 0 Å². The second-order valence-electron chi connectivity index (χ2n) is 2.97. The molecule has 0 aliphatic carbocycles. The van der Waals surface area contributed by atoms with Crippen LogP contribution in [0.5, 0.6) is 0 Å². The van der Waals surface area contributed by atoms with E-state index in [-0.39, 0.29) is 0 Å². The van der Waals surface area contributed by atoms with E-state index in [0.29, 0.717) is 11.4 Å². The number of aromatic nitrogens is 1. The molecule has 0 unspecified atom stereocenters. The van der Waals surface area contributed by atoms with Crippen molar-refractivity contribution < 1.29 is 0 Å². The molecule has 2 N–H and O–H groups in total. The van der Waals surface area contributed by atoms with Crippen LogP contribution in [0.15, 0.2) is 42.6 Å². The molecule has 0 aliphatic rings. The molecule has 1 heterocycles. The van der Waals surface area contributed by atoms with Gasteiger partial charge in [-0.05, 0) is 30.3 Å². The number of nitrogens with zero attached hydrogens (tertiary/aromatic N) is 2. The summed E-state index contributed by atoms with van der Waals surface area (Å²) in [4.78, 5) is 0. The average molecular weight is 183 g/mol. The summed E-state index contributed by atoms with van der Waals surface area (Å²) < 4.78 is 1.80. The Morgan fingerprint density at radius 2 is 2.07 bits per heavy atom. The van der Waals surface area contributed by atoms with Gasteiger partial charge in [-0.3, -0.25) is 0 Å². The van der Waals surface area contributed by atoms with Crippen LogP contribution in [0.2, 0.25) is 0 Å². The van der Waals surface area contributed by atoms with E-state index in [0.717, 1.165) is 5.69 Å². The molecule has 0 fully saturated rings. The van der Waals surface area contributed by atoms with Crippen LogP contribution in [0.3, 0.4) is 0 Å². The van der Waals surface area contributed by atoms with Gasteiger partial charge >= 0.3 is 0 Å². The number of anilines is 1. The van der Waals surface area contributed by atoms with Crippen molar-refractivity contribution in [1.82, 2.24) is 4.57 Å². The van der Waals surface area contributed by atoms with Gasteiger partial charge in [0.05, 0.1) is 0 Å². The molecular weight excluding hydrogens is 174 g/mol. The van der Waals surface area contributed by atoms with E-state index in [1.165, 1.54) is 0 Å². The number of nitrogen functional groups attached to an aromatic ring is 1. The van der Waals surface area contributed by atoms with Crippen LogP contribution in [0.1, 0.15) is 5.69 Å². The summed E-state index contributed by atoms with van der Waals surface area (Å²) in [5, 5.41) is 8.84. The Bertz CT molecular complexity index is 491. The number of nitriles is 1. The number of hydrogen-bond acceptors (Lipinski definition) is 2. The predicted molar refractivity (Wildman–Crippen MR) is 54.9 cm³/mol. The molecule has 14 heavy (non-hydrogen) atoms. The maximum atomic E-state index is 8.84. The van der Waals surface area contributed by atoms with Gasteiger partial charge in [0.25, 0.3) is 0 Å². The summed E-state index contributed by atoms with van der Waals surface area (Å²) in [5.41, 5.74) is 7.87. The van der Waals surface area contributed by atoms with E-state index in [9.17, 15) is 0 Å². The number of rotatable bonds is 1. The fourth-order valence-electron chi connectivity index (χ4n) is 1.37. The van der Waals surface area contributed by atoms with Gasteiger partial charge in [-0.1, -0.05) is 6.07 Å². The third-order valence-corrected chi connectivity index (χ3v) is 2.01. The Hall–Kier alpha value is -2.21. The Morgan fingerprint density at radius 3 is 2.79 bits per heavy atom. The largest absolute Gasteiger partial charge is 0.399 e. The smallest absolute Gasteiger partial charge is 0.124 e. The van der Waals surface area contributed by atoms with Crippen LogP contribution in [0.25, 0.3) is 5.69 Å². The SMILES string of the molecule is N#Cc1cccn1-c1cccc(N)c1. The predicted octanol–water partition coefficient (Wildman–Crippen LogP) is 1.93. The number of benzene rings is 1. The molecule has 3 heteroatoms. The molecule has 2 rings (SSSR count). The van der Waals surface area contributed by atoms with E-state index in [1.54, 1.807) is 10.6 Å². The molecule has 0 amide bonds. The summed E-state index contributed by atoms with van der Waals surface area (Å²) in [6.45, 7) is 0. The van der Waals surface area contributed by atoms with Crippen molar-refractivity contribution in [2.24, 2.45) is 0 Å². The summed E-state index contributed by atoms with van der Waals surface area (Å²) in [5.74, 6) is 0. The van der Waals surface area contributed by atoms with Crippen LogP contribution in [-0.4, -0.2) is 4.57 Å². The highest BCUT2D eigenvalue weighted by molar-refractivity contribution is 5.49. The zero-order valence-electron chi connectivity index (χ0n) is 7.51. The zero-order chi connectivity index (χ0) is 9.97. The third-order valence-electron chi connectivity index (χ3n) is 2.01. The van der Waals surface area contributed by atoms with E-state index in [1.807, 2.05) is 36.5 Å². The molecule has 0 bridgehead atoms. The highest BCUT2D eigenvalue weighted by atomic mass is 15.0. The molecule has 0 saturated heterocycles. The van der Waals surface area contributed by atoms with E-state index in [4.69, 9.17) is 11.0 Å². The standard InChI is InChI=1S/C11H9N3/c12-8-11-5-2-6-14(11)10-4-1-3-9(13)7-10/h1-7H,13H2. The number of hydrogen-bond donors (Lipinski definition) is 1. The fourth-order valence-corrected chi connectivity index (χ4v) is 1.37. The van der Waals surface area contributed by atoms with Crippen LogP contribution in [0.4, 0.5) is 5.69 Å². The highest BCUT2D eigenvalue weighted by Gasteiger charge is 2.01. The van der Waals surface area contributed by atoms with Crippen LogP contribution >= 0.6 is 0 Å². The first-order chi connectivity index (χ1) is 6.81. The van der Waals surface area contributed by atoms with Crippen LogP contribution in [0, 0.1) is 11.3 Å². The molecule has 0 radical (unpaired) electrons. The zero-order valence-corrected chi connectivity index (χ0v) is 7.51. The van der Waals surface area contributed by atoms with Gasteiger partial charge in [-0.15, -0.1) is 0 Å². The second kappa shape index (κ2) is 3.27. The molecule has 0 aliphatic heterocycles. The summed E-state index contributed by atoms with van der Waals surface area (Å²) in [7, 11) is 0. The van der Waals surface area contributed by atoms with Crippen LogP contribution < -0.4 is 5.73 Å². The summed E-state index contributed by atoms with van der Waals surface area (Å²) in [6.07, 6.45) is 1.84. The average Bonchev–Trinajstić information content (AvgIpc) is 2.65. The monoisotopic (exact) mass is 183 g/mol. The summed E-state index contributed by atoms with van der Waals surface area (Å²) in [6, 6.07) is 13.2. The van der Waals surface area contributed by atoms with E-state index >= 15 is 0 Å². The lowest BCUT2D eigenvalue weighted by molar-refractivity contribution is 1.05. The normalized spacial score (nSPS) is 9.64. The lowest BCUT2D eigenvalue weighted by Crippen LogP contribution is -1.96. The minimum absolute atomic E-state index is 0.607. The number of nitrogens with two attached hydrogens (primary N) is 1. The lowest BCUT2D eigenvalue weighted by Gasteiger charge is -2.04. The van der Waals surface area contributed by atoms with Crippen molar-refractivity contribution in [2.45, 2.75) is 0 Å². The Balaban J connectivity index is 2.56. The van der Waals surface area contributed by atoms with Gasteiger partial charge in [0.2, 0.25) is 0 Å². The molecule has 3 nitrogen and oxygen atoms in total. The quantitative estimate of drug-likeness (QED) is 0.687. The van der Waals surface area contributed by atoms with Crippen molar-refractivity contribution in [2.75, 3.05) is 5.73 Å². The topological polar surface area (TPSA) is 54.7 Å². The molecule has 0 saturated carbocycles. The fraction of sp³-hybridized carbons (Fsp3) is 0. The Kier molecular flexibility index (Phi) is 1.96. The van der Waals surface area contributed by atoms with Crippen LogP contribution in [-0.2, 0) is 0 Å². The summed E-state index contributed by atoms with van der Waals surface area (Å²) >= 11 is 0. The third kappa shape index (κ3) is 1.34. The van der Waals surface area contributed by atoms with E-state index < -0.39 is 0 Å². The molecule has 1 aromatic carbocycles. The van der Waals surface area contributed by atoms with Crippen molar-refractivity contribution in [3.63, 3.8) is 0 Å². The van der Waals surface area contributed by atoms with Gasteiger partial charge in [0.15, 0.2) is 0 Å². The van der Waals surface area contributed by atoms with E-state index in [2.05, 4.69) is 6.07 Å². The molecular formula is C11H9N3. The lowest BCUT2D eigenvalue weighted by atomic mass is 10.3. The minimum atomic E-state index is 0.607. The van der Waals surface area contributed by atoms with Crippen molar-refractivity contribution in [1.29, 1.82) is 5.26 Å². The molecule has 68 valence electrons. The first-order valence-corrected chi connectivity index (χ1v) is 4.24. The van der Waals surface area contributed by atoms with Gasteiger partial charge in [0.1, 0.15) is 11.8 Å². The minimum Gasteiger partial charge on any atom is -0.399 e. The first-order valence-electron chi connectivity index (χ1n) is 4.24. The molecule has 0 spiro atoms. The Labute approximate surface area is 82.0 Å². The molecule has 1 aromatic heterocycles. The van der Waals surface area contributed by atoms with Gasteiger partial charge in [0, 0.05) is 17.6 Å². The second-order valence-corrected chi connectivity index (χ2v) is 2.97. The molecule has 2 aromatic rings. The first kappa shape index (κ1) is 8.39. The van der Waals surface area contributed by atoms with Crippen molar-refractivity contribution in [3.8, 4) is 11.8 Å². The Morgan fingerprint density at radius 1 is 1.21 bits per heavy atom. The van der Waals surface area contributed by atoms with Crippen molar-refractivity contribution in [3.05, 3.63) is 48.3 Å². The maximum absolute atomic E-state index is 8.84. The molecule has 0 atom stereocenters. The van der Waals surface area contributed by atoms with Gasteiger partial charge in [-0.2, -0.15) is 5.26 Å². The van der Waals surface area contributed by atoms with Crippen molar-refractivity contribution >= 4 is 5.69 Å².